The lowest BCUT2D eigenvalue weighted by Crippen LogP contribution is -2.39. The largest absolute Gasteiger partial charge is 0.496 e. The van der Waals surface area contributed by atoms with Crippen LogP contribution in [0, 0.1) is 0 Å². The van der Waals surface area contributed by atoms with Gasteiger partial charge in [0.05, 0.1) is 19.2 Å². The van der Waals surface area contributed by atoms with E-state index in [4.69, 9.17) is 9.47 Å². The molecule has 140 valence electrons. The van der Waals surface area contributed by atoms with Gasteiger partial charge in [0.2, 0.25) is 0 Å². The molecule has 27 heavy (non-hydrogen) atoms. The van der Waals surface area contributed by atoms with Gasteiger partial charge in [-0.1, -0.05) is 0 Å². The van der Waals surface area contributed by atoms with Crippen molar-refractivity contribution in [3.63, 3.8) is 0 Å². The van der Waals surface area contributed by atoms with E-state index in [1.54, 1.807) is 30.4 Å². The molecule has 1 atom stereocenters. The monoisotopic (exact) mass is 398 g/mol. The molecule has 4 heterocycles. The van der Waals surface area contributed by atoms with Crippen LogP contribution in [0.3, 0.4) is 0 Å². The van der Waals surface area contributed by atoms with Gasteiger partial charge in [0.1, 0.15) is 11.5 Å². The van der Waals surface area contributed by atoms with Gasteiger partial charge < -0.3 is 9.47 Å². The molecule has 0 N–H and O–H groups in total. The number of benzene rings is 1. The van der Waals surface area contributed by atoms with Crippen LogP contribution in [-0.2, 0) is 25.8 Å². The third-order valence-electron chi connectivity index (χ3n) is 5.67. The molecule has 5 rings (SSSR count). The summed E-state index contributed by atoms with van der Waals surface area (Å²) in [7, 11) is 3.52. The number of thiophene rings is 1. The van der Waals surface area contributed by atoms with Crippen LogP contribution in [0.15, 0.2) is 29.8 Å². The lowest BCUT2D eigenvalue weighted by molar-refractivity contribution is 0.158. The molecule has 0 saturated heterocycles. The van der Waals surface area contributed by atoms with Crippen LogP contribution in [0.1, 0.15) is 37.5 Å². The average Bonchev–Trinajstić information content (AvgIpc) is 3.35. The van der Waals surface area contributed by atoms with Crippen LogP contribution in [0.25, 0.3) is 0 Å². The second-order valence-electron chi connectivity index (χ2n) is 7.06. The molecule has 2 aromatic heterocycles. The molecule has 3 aromatic rings. The molecule has 2 aliphatic rings. The van der Waals surface area contributed by atoms with Crippen molar-refractivity contribution in [2.24, 2.45) is 0 Å². The van der Waals surface area contributed by atoms with Gasteiger partial charge in [-0.05, 0) is 36.6 Å². The van der Waals surface area contributed by atoms with Gasteiger partial charge in [-0.3, -0.25) is 4.90 Å². The van der Waals surface area contributed by atoms with E-state index in [1.165, 1.54) is 26.6 Å². The number of rotatable bonds is 4. The van der Waals surface area contributed by atoms with Gasteiger partial charge in [0.15, 0.2) is 0 Å². The number of hydrogen-bond donors (Lipinski definition) is 0. The Bertz CT molecular complexity index is 965. The minimum Gasteiger partial charge on any atom is -0.496 e. The zero-order valence-electron chi connectivity index (χ0n) is 15.5. The summed E-state index contributed by atoms with van der Waals surface area (Å²) in [5.74, 6) is 1.96. The fourth-order valence-electron chi connectivity index (χ4n) is 4.41. The average molecular weight is 399 g/mol. The minimum absolute atomic E-state index is 0.434. The van der Waals surface area contributed by atoms with Crippen LogP contribution in [0.2, 0.25) is 0 Å². The smallest absolute Gasteiger partial charge is 0.123 e. The van der Waals surface area contributed by atoms with Crippen molar-refractivity contribution in [2.75, 3.05) is 20.8 Å². The maximum absolute atomic E-state index is 5.68. The normalized spacial score (nSPS) is 18.5. The Balaban J connectivity index is 1.50. The van der Waals surface area contributed by atoms with E-state index in [-0.39, 0.29) is 0 Å². The van der Waals surface area contributed by atoms with E-state index in [1.807, 2.05) is 29.7 Å². The number of methoxy groups -OCH3 is 2. The first kappa shape index (κ1) is 17.2. The molecule has 0 aliphatic carbocycles. The van der Waals surface area contributed by atoms with Gasteiger partial charge in [-0.15, -0.1) is 22.7 Å². The van der Waals surface area contributed by atoms with Crippen molar-refractivity contribution in [1.29, 1.82) is 0 Å². The van der Waals surface area contributed by atoms with E-state index in [0.717, 1.165) is 43.9 Å². The maximum atomic E-state index is 5.68. The quantitative estimate of drug-likeness (QED) is 0.650. The highest BCUT2D eigenvalue weighted by molar-refractivity contribution is 7.12. The van der Waals surface area contributed by atoms with Crippen molar-refractivity contribution in [1.82, 2.24) is 9.88 Å². The Labute approximate surface area is 167 Å². The van der Waals surface area contributed by atoms with Crippen molar-refractivity contribution >= 4 is 22.7 Å². The maximum Gasteiger partial charge on any atom is 0.123 e. The second kappa shape index (κ2) is 6.93. The van der Waals surface area contributed by atoms with Crippen LogP contribution < -0.4 is 9.47 Å². The molecular formula is C21H22N2O2S2. The molecule has 1 aromatic carbocycles. The first-order chi connectivity index (χ1) is 13.3. The highest BCUT2D eigenvalue weighted by atomic mass is 32.1. The van der Waals surface area contributed by atoms with Crippen molar-refractivity contribution < 1.29 is 9.47 Å². The molecule has 0 saturated carbocycles. The molecule has 0 fully saturated rings. The number of ether oxygens (including phenoxy) is 2. The SMILES string of the molecule is COc1ccc(OC)c2c1CC1c3cc(Cc4nccs4)sc3CCN1C2. The summed E-state index contributed by atoms with van der Waals surface area (Å²) in [6, 6.07) is 6.93. The Hall–Kier alpha value is -1.89. The van der Waals surface area contributed by atoms with Crippen LogP contribution in [0.5, 0.6) is 11.5 Å². The number of thiazole rings is 1. The summed E-state index contributed by atoms with van der Waals surface area (Å²) in [5, 5.41) is 3.26. The molecule has 0 bridgehead atoms. The van der Waals surface area contributed by atoms with E-state index in [0.29, 0.717) is 6.04 Å². The molecule has 6 heteroatoms. The Kier molecular flexibility index (Phi) is 4.42. The Morgan fingerprint density at radius 3 is 2.74 bits per heavy atom. The first-order valence-electron chi connectivity index (χ1n) is 9.23. The molecule has 4 nitrogen and oxygen atoms in total. The number of fused-ring (bicyclic) bond motifs is 4. The summed E-state index contributed by atoms with van der Waals surface area (Å²) < 4.78 is 11.3. The Morgan fingerprint density at radius 1 is 1.19 bits per heavy atom. The van der Waals surface area contributed by atoms with E-state index < -0.39 is 0 Å². The van der Waals surface area contributed by atoms with Crippen molar-refractivity contribution in [3.8, 4) is 11.5 Å². The highest BCUT2D eigenvalue weighted by Gasteiger charge is 2.35. The standard InChI is InChI=1S/C21H22N2O2S2/c1-24-18-3-4-19(25-2)16-12-23-7-5-20-15(17(23)11-14(16)18)9-13(27-20)10-21-22-6-8-26-21/h3-4,6,8-9,17H,5,7,10-12H2,1-2H3. The lowest BCUT2D eigenvalue weighted by Gasteiger charge is -2.41. The minimum atomic E-state index is 0.434. The fraction of sp³-hybridized carbons (Fsp3) is 0.381. The molecule has 0 radical (unpaired) electrons. The lowest BCUT2D eigenvalue weighted by atomic mass is 9.86. The van der Waals surface area contributed by atoms with Gasteiger partial charge in [0.25, 0.3) is 0 Å². The summed E-state index contributed by atoms with van der Waals surface area (Å²) in [5.41, 5.74) is 4.10. The predicted octanol–water partition coefficient (Wildman–Crippen LogP) is 4.47. The third kappa shape index (κ3) is 2.96. The second-order valence-corrected chi connectivity index (χ2v) is 9.26. The van der Waals surface area contributed by atoms with Gasteiger partial charge >= 0.3 is 0 Å². The van der Waals surface area contributed by atoms with Gasteiger partial charge in [-0.2, -0.15) is 0 Å². The first-order valence-corrected chi connectivity index (χ1v) is 10.9. The van der Waals surface area contributed by atoms with Gasteiger partial charge in [0, 0.05) is 58.0 Å². The van der Waals surface area contributed by atoms with E-state index in [2.05, 4.69) is 21.3 Å². The van der Waals surface area contributed by atoms with Crippen molar-refractivity contribution in [2.45, 2.75) is 31.8 Å². The van der Waals surface area contributed by atoms with E-state index in [9.17, 15) is 0 Å². The summed E-state index contributed by atoms with van der Waals surface area (Å²) in [6.45, 7) is 2.03. The summed E-state index contributed by atoms with van der Waals surface area (Å²) in [6.07, 6.45) is 4.97. The summed E-state index contributed by atoms with van der Waals surface area (Å²) in [4.78, 5) is 10.0. The molecule has 2 aliphatic heterocycles. The number of nitrogens with zero attached hydrogens (tertiary/aromatic N) is 2. The molecule has 0 amide bonds. The zero-order valence-corrected chi connectivity index (χ0v) is 17.2. The topological polar surface area (TPSA) is 34.6 Å². The van der Waals surface area contributed by atoms with Crippen molar-refractivity contribution in [3.05, 3.63) is 61.2 Å². The number of hydrogen-bond acceptors (Lipinski definition) is 6. The zero-order chi connectivity index (χ0) is 18.4. The third-order valence-corrected chi connectivity index (χ3v) is 7.66. The molecule has 0 spiro atoms. The predicted molar refractivity (Wildman–Crippen MR) is 109 cm³/mol. The van der Waals surface area contributed by atoms with Crippen LogP contribution >= 0.6 is 22.7 Å². The van der Waals surface area contributed by atoms with Crippen LogP contribution in [-0.4, -0.2) is 30.6 Å². The fourth-order valence-corrected chi connectivity index (χ4v) is 6.35. The van der Waals surface area contributed by atoms with Crippen LogP contribution in [0.4, 0.5) is 0 Å². The molecular weight excluding hydrogens is 376 g/mol. The highest BCUT2D eigenvalue weighted by Crippen LogP contribution is 2.45. The van der Waals surface area contributed by atoms with E-state index >= 15 is 0 Å². The summed E-state index contributed by atoms with van der Waals surface area (Å²) >= 11 is 3.71. The Morgan fingerprint density at radius 2 is 2.00 bits per heavy atom. The number of aromatic nitrogens is 1. The van der Waals surface area contributed by atoms with Gasteiger partial charge in [-0.25, -0.2) is 4.98 Å². The molecule has 1 unspecified atom stereocenters.